The molecule has 0 fully saturated rings. The Morgan fingerprint density at radius 1 is 1.31 bits per heavy atom. The molecule has 0 amide bonds. The van der Waals surface area contributed by atoms with Crippen molar-refractivity contribution < 1.29 is 9.53 Å². The fourth-order valence-corrected chi connectivity index (χ4v) is 1.64. The van der Waals surface area contributed by atoms with Gasteiger partial charge in [-0.1, -0.05) is 29.8 Å². The SMILES string of the molecule is CCOC(=O)/C(C)=C(/C)c1ccccc1Cl. The van der Waals surface area contributed by atoms with E-state index in [4.69, 9.17) is 16.3 Å². The highest BCUT2D eigenvalue weighted by molar-refractivity contribution is 6.32. The van der Waals surface area contributed by atoms with Crippen molar-refractivity contribution in [2.45, 2.75) is 20.8 Å². The van der Waals surface area contributed by atoms with E-state index in [-0.39, 0.29) is 5.97 Å². The Morgan fingerprint density at radius 2 is 1.94 bits per heavy atom. The molecule has 3 heteroatoms. The highest BCUT2D eigenvalue weighted by atomic mass is 35.5. The summed E-state index contributed by atoms with van der Waals surface area (Å²) in [5, 5.41) is 0.642. The Balaban J connectivity index is 3.09. The fourth-order valence-electron chi connectivity index (χ4n) is 1.36. The quantitative estimate of drug-likeness (QED) is 0.593. The maximum atomic E-state index is 11.5. The van der Waals surface area contributed by atoms with Crippen molar-refractivity contribution in [2.75, 3.05) is 6.61 Å². The molecule has 1 rings (SSSR count). The van der Waals surface area contributed by atoms with Crippen molar-refractivity contribution in [2.24, 2.45) is 0 Å². The van der Waals surface area contributed by atoms with E-state index in [1.807, 2.05) is 25.1 Å². The first-order valence-electron chi connectivity index (χ1n) is 5.17. The minimum Gasteiger partial charge on any atom is -0.463 e. The summed E-state index contributed by atoms with van der Waals surface area (Å²) < 4.78 is 4.95. The maximum Gasteiger partial charge on any atom is 0.333 e. The maximum absolute atomic E-state index is 11.5. The Labute approximate surface area is 101 Å². The predicted octanol–water partition coefficient (Wildman–Crippen LogP) is 3.70. The summed E-state index contributed by atoms with van der Waals surface area (Å²) in [6, 6.07) is 7.45. The zero-order valence-electron chi connectivity index (χ0n) is 9.71. The molecule has 0 N–H and O–H groups in total. The van der Waals surface area contributed by atoms with Gasteiger partial charge in [-0.3, -0.25) is 0 Å². The Bertz CT molecular complexity index is 422. The molecule has 0 aliphatic carbocycles. The molecule has 2 nitrogen and oxygen atoms in total. The lowest BCUT2D eigenvalue weighted by Gasteiger charge is -2.08. The van der Waals surface area contributed by atoms with Crippen LogP contribution in [0.5, 0.6) is 0 Å². The number of ether oxygens (including phenoxy) is 1. The number of rotatable bonds is 3. The van der Waals surface area contributed by atoms with Crippen molar-refractivity contribution in [1.29, 1.82) is 0 Å². The van der Waals surface area contributed by atoms with E-state index in [0.717, 1.165) is 11.1 Å². The second-order valence-corrected chi connectivity index (χ2v) is 3.86. The number of halogens is 1. The highest BCUT2D eigenvalue weighted by Crippen LogP contribution is 2.25. The van der Waals surface area contributed by atoms with E-state index in [0.29, 0.717) is 17.2 Å². The molecule has 0 heterocycles. The largest absolute Gasteiger partial charge is 0.463 e. The van der Waals surface area contributed by atoms with Gasteiger partial charge in [0.05, 0.1) is 6.61 Å². The second kappa shape index (κ2) is 5.71. The van der Waals surface area contributed by atoms with Crippen molar-refractivity contribution in [3.63, 3.8) is 0 Å². The molecule has 0 aromatic heterocycles. The average molecular weight is 239 g/mol. The van der Waals surface area contributed by atoms with Gasteiger partial charge in [-0.2, -0.15) is 0 Å². The van der Waals surface area contributed by atoms with Crippen LogP contribution in [0.15, 0.2) is 29.8 Å². The van der Waals surface area contributed by atoms with Crippen LogP contribution in [0.1, 0.15) is 26.3 Å². The normalized spacial score (nSPS) is 12.0. The van der Waals surface area contributed by atoms with Gasteiger partial charge < -0.3 is 4.74 Å². The lowest BCUT2D eigenvalue weighted by molar-refractivity contribution is -0.138. The van der Waals surface area contributed by atoms with Gasteiger partial charge in [0.15, 0.2) is 0 Å². The third-order valence-electron chi connectivity index (χ3n) is 2.42. The smallest absolute Gasteiger partial charge is 0.333 e. The van der Waals surface area contributed by atoms with Crippen LogP contribution in [0.25, 0.3) is 5.57 Å². The van der Waals surface area contributed by atoms with Gasteiger partial charge in [0.2, 0.25) is 0 Å². The number of esters is 1. The minimum atomic E-state index is -0.292. The van der Waals surface area contributed by atoms with Crippen molar-refractivity contribution in [1.82, 2.24) is 0 Å². The molecule has 0 aliphatic rings. The van der Waals surface area contributed by atoms with Gasteiger partial charge in [0, 0.05) is 10.6 Å². The molecule has 0 aliphatic heterocycles. The Morgan fingerprint density at radius 3 is 2.50 bits per heavy atom. The molecule has 1 aromatic carbocycles. The van der Waals surface area contributed by atoms with E-state index in [2.05, 4.69) is 0 Å². The molecule has 1 aromatic rings. The van der Waals surface area contributed by atoms with Crippen LogP contribution in [0.2, 0.25) is 5.02 Å². The molecule has 0 bridgehead atoms. The molecule has 0 spiro atoms. The minimum absolute atomic E-state index is 0.292. The van der Waals surface area contributed by atoms with Crippen LogP contribution in [-0.2, 0) is 9.53 Å². The van der Waals surface area contributed by atoms with E-state index in [1.54, 1.807) is 19.9 Å². The fraction of sp³-hybridized carbons (Fsp3) is 0.308. The predicted molar refractivity (Wildman–Crippen MR) is 66.4 cm³/mol. The first-order chi connectivity index (χ1) is 7.57. The van der Waals surface area contributed by atoms with Gasteiger partial charge in [-0.25, -0.2) is 4.79 Å². The summed E-state index contributed by atoms with van der Waals surface area (Å²) >= 11 is 6.06. The van der Waals surface area contributed by atoms with Crippen LogP contribution < -0.4 is 0 Å². The number of allylic oxidation sites excluding steroid dienone is 1. The molecule has 0 atom stereocenters. The topological polar surface area (TPSA) is 26.3 Å². The van der Waals surface area contributed by atoms with Crippen LogP contribution in [0.4, 0.5) is 0 Å². The van der Waals surface area contributed by atoms with Crippen molar-refractivity contribution in [3.05, 3.63) is 40.4 Å². The van der Waals surface area contributed by atoms with Crippen LogP contribution in [-0.4, -0.2) is 12.6 Å². The first-order valence-corrected chi connectivity index (χ1v) is 5.55. The van der Waals surface area contributed by atoms with Gasteiger partial charge in [0.25, 0.3) is 0 Å². The summed E-state index contributed by atoms with van der Waals surface area (Å²) in [7, 11) is 0. The number of hydrogen-bond donors (Lipinski definition) is 0. The Kier molecular flexibility index (Phi) is 4.56. The number of benzene rings is 1. The molecule has 0 radical (unpaired) electrons. The molecule has 0 saturated carbocycles. The van der Waals surface area contributed by atoms with Gasteiger partial charge >= 0.3 is 5.97 Å². The standard InChI is InChI=1S/C13H15ClO2/c1-4-16-13(15)10(3)9(2)11-7-5-6-8-12(11)14/h5-8H,4H2,1-3H3/b10-9-. The van der Waals surface area contributed by atoms with Crippen LogP contribution >= 0.6 is 11.6 Å². The van der Waals surface area contributed by atoms with Gasteiger partial charge in [-0.05, 0) is 38.0 Å². The van der Waals surface area contributed by atoms with Crippen molar-refractivity contribution >= 4 is 23.1 Å². The summed E-state index contributed by atoms with van der Waals surface area (Å²) in [4.78, 5) is 11.5. The lowest BCUT2D eigenvalue weighted by atomic mass is 10.0. The third kappa shape index (κ3) is 2.86. The number of carbonyl (C=O) groups excluding carboxylic acids is 1. The van der Waals surface area contributed by atoms with E-state index in [1.165, 1.54) is 0 Å². The molecule has 0 saturated heterocycles. The second-order valence-electron chi connectivity index (χ2n) is 3.45. The lowest BCUT2D eigenvalue weighted by Crippen LogP contribution is -2.06. The van der Waals surface area contributed by atoms with E-state index < -0.39 is 0 Å². The molecule has 0 unspecified atom stereocenters. The zero-order chi connectivity index (χ0) is 12.1. The van der Waals surface area contributed by atoms with Gasteiger partial charge in [0.1, 0.15) is 0 Å². The van der Waals surface area contributed by atoms with E-state index in [9.17, 15) is 4.79 Å². The summed E-state index contributed by atoms with van der Waals surface area (Å²) in [6.07, 6.45) is 0. The first kappa shape index (κ1) is 12.8. The summed E-state index contributed by atoms with van der Waals surface area (Å²) in [5.41, 5.74) is 2.31. The monoisotopic (exact) mass is 238 g/mol. The third-order valence-corrected chi connectivity index (χ3v) is 2.75. The average Bonchev–Trinajstić information content (AvgIpc) is 2.28. The van der Waals surface area contributed by atoms with E-state index >= 15 is 0 Å². The highest BCUT2D eigenvalue weighted by Gasteiger charge is 2.11. The zero-order valence-corrected chi connectivity index (χ0v) is 10.5. The van der Waals surface area contributed by atoms with Crippen molar-refractivity contribution in [3.8, 4) is 0 Å². The van der Waals surface area contributed by atoms with Gasteiger partial charge in [-0.15, -0.1) is 0 Å². The molecular weight excluding hydrogens is 224 g/mol. The molecule has 86 valence electrons. The van der Waals surface area contributed by atoms with Crippen LogP contribution in [0, 0.1) is 0 Å². The Hall–Kier alpha value is -1.28. The number of carbonyl (C=O) groups is 1. The summed E-state index contributed by atoms with van der Waals surface area (Å²) in [6.45, 7) is 5.78. The summed E-state index contributed by atoms with van der Waals surface area (Å²) in [5.74, 6) is -0.292. The molecular formula is C13H15ClO2. The van der Waals surface area contributed by atoms with Crippen LogP contribution in [0.3, 0.4) is 0 Å². The number of hydrogen-bond acceptors (Lipinski definition) is 2. The molecule has 16 heavy (non-hydrogen) atoms.